The van der Waals surface area contributed by atoms with Crippen molar-refractivity contribution in [3.8, 4) is 0 Å². The van der Waals surface area contributed by atoms with Crippen molar-refractivity contribution >= 4 is 15.9 Å². The quantitative estimate of drug-likeness (QED) is 0.746. The number of primary amides is 1. The minimum Gasteiger partial charge on any atom is -0.369 e. The Morgan fingerprint density at radius 1 is 1.59 bits per heavy atom. The first-order chi connectivity index (χ1) is 8.01. The number of hydrogen-bond donors (Lipinski definition) is 2. The number of nitrogens with two attached hydrogens (primary N) is 1. The topological polar surface area (TPSA) is 109 Å². The van der Waals surface area contributed by atoms with Crippen LogP contribution in [-0.4, -0.2) is 41.9 Å². The number of H-pyrrole nitrogens is 1. The summed E-state index contributed by atoms with van der Waals surface area (Å²) >= 11 is 0. The van der Waals surface area contributed by atoms with Crippen LogP contribution in [0.1, 0.15) is 12.8 Å². The number of carbonyl (C=O) groups is 1. The van der Waals surface area contributed by atoms with E-state index >= 15 is 0 Å². The molecule has 2 heterocycles. The molecule has 1 aliphatic heterocycles. The van der Waals surface area contributed by atoms with Gasteiger partial charge >= 0.3 is 0 Å². The predicted octanol–water partition coefficient (Wildman–Crippen LogP) is -0.704. The van der Waals surface area contributed by atoms with Crippen LogP contribution in [0.2, 0.25) is 0 Å². The average Bonchev–Trinajstić information content (AvgIpc) is 2.83. The highest BCUT2D eigenvalue weighted by Gasteiger charge is 2.32. The van der Waals surface area contributed by atoms with E-state index in [4.69, 9.17) is 5.73 Å². The largest absolute Gasteiger partial charge is 0.369 e. The van der Waals surface area contributed by atoms with Crippen LogP contribution < -0.4 is 5.73 Å². The highest BCUT2D eigenvalue weighted by molar-refractivity contribution is 7.89. The van der Waals surface area contributed by atoms with Crippen molar-refractivity contribution in [3.63, 3.8) is 0 Å². The van der Waals surface area contributed by atoms with E-state index in [0.29, 0.717) is 19.4 Å². The van der Waals surface area contributed by atoms with Gasteiger partial charge in [0.2, 0.25) is 15.9 Å². The molecule has 3 N–H and O–H groups in total. The van der Waals surface area contributed by atoms with Gasteiger partial charge in [0, 0.05) is 19.3 Å². The van der Waals surface area contributed by atoms with Gasteiger partial charge in [0.1, 0.15) is 4.90 Å². The van der Waals surface area contributed by atoms with Gasteiger partial charge in [0.15, 0.2) is 0 Å². The number of aromatic amines is 1. The Hall–Kier alpha value is -1.41. The number of amides is 1. The molecular weight excluding hydrogens is 244 g/mol. The molecule has 0 radical (unpaired) electrons. The Balaban J connectivity index is 2.20. The molecule has 2 rings (SSSR count). The van der Waals surface area contributed by atoms with Gasteiger partial charge in [-0.05, 0) is 12.8 Å². The summed E-state index contributed by atoms with van der Waals surface area (Å²) in [5.41, 5.74) is 5.21. The second-order valence-electron chi connectivity index (χ2n) is 4.04. The van der Waals surface area contributed by atoms with Crippen molar-refractivity contribution in [2.45, 2.75) is 17.7 Å². The lowest BCUT2D eigenvalue weighted by molar-refractivity contribution is -0.122. The predicted molar refractivity (Wildman–Crippen MR) is 59.3 cm³/mol. The molecule has 0 saturated carbocycles. The minimum atomic E-state index is -3.55. The Labute approximate surface area is 99.0 Å². The molecule has 1 aromatic rings. The van der Waals surface area contributed by atoms with Gasteiger partial charge in [-0.15, -0.1) is 0 Å². The summed E-state index contributed by atoms with van der Waals surface area (Å²) in [5, 5.41) is 6.08. The average molecular weight is 258 g/mol. The van der Waals surface area contributed by atoms with Crippen LogP contribution >= 0.6 is 0 Å². The molecule has 1 fully saturated rings. The van der Waals surface area contributed by atoms with E-state index in [1.807, 2.05) is 0 Å². The molecule has 7 nitrogen and oxygen atoms in total. The summed E-state index contributed by atoms with van der Waals surface area (Å²) in [6, 6.07) is 0. The van der Waals surface area contributed by atoms with Gasteiger partial charge in [0.25, 0.3) is 0 Å². The van der Waals surface area contributed by atoms with Crippen LogP contribution in [0.4, 0.5) is 0 Å². The number of hydrogen-bond acceptors (Lipinski definition) is 4. The van der Waals surface area contributed by atoms with Gasteiger partial charge in [-0.1, -0.05) is 0 Å². The number of carbonyl (C=O) groups excluding carboxylic acids is 1. The van der Waals surface area contributed by atoms with Crippen LogP contribution in [-0.2, 0) is 14.8 Å². The number of piperidine rings is 1. The smallest absolute Gasteiger partial charge is 0.246 e. The number of rotatable bonds is 3. The standard InChI is InChI=1S/C9H14N4O3S/c10-9(14)7-2-1-3-13(6-7)17(15,16)8-4-11-12-5-8/h4-5,7H,1-3,6H2,(H2,10,14)(H,11,12). The van der Waals surface area contributed by atoms with Crippen LogP contribution in [0, 0.1) is 5.92 Å². The van der Waals surface area contributed by atoms with Crippen molar-refractivity contribution in [1.29, 1.82) is 0 Å². The van der Waals surface area contributed by atoms with Crippen molar-refractivity contribution in [1.82, 2.24) is 14.5 Å². The first kappa shape index (κ1) is 12.1. The molecule has 0 bridgehead atoms. The second-order valence-corrected chi connectivity index (χ2v) is 5.98. The highest BCUT2D eigenvalue weighted by atomic mass is 32.2. The Bertz CT molecular complexity index is 496. The van der Waals surface area contributed by atoms with E-state index in [1.165, 1.54) is 16.7 Å². The lowest BCUT2D eigenvalue weighted by atomic mass is 9.99. The monoisotopic (exact) mass is 258 g/mol. The second kappa shape index (κ2) is 4.46. The van der Waals surface area contributed by atoms with E-state index in [1.54, 1.807) is 0 Å². The fourth-order valence-corrected chi connectivity index (χ4v) is 3.35. The van der Waals surface area contributed by atoms with Crippen molar-refractivity contribution in [2.24, 2.45) is 11.7 Å². The molecule has 0 aliphatic carbocycles. The van der Waals surface area contributed by atoms with E-state index in [2.05, 4.69) is 10.2 Å². The third-order valence-electron chi connectivity index (χ3n) is 2.90. The zero-order valence-electron chi connectivity index (χ0n) is 9.17. The number of aromatic nitrogens is 2. The summed E-state index contributed by atoms with van der Waals surface area (Å²) in [4.78, 5) is 11.2. The van der Waals surface area contributed by atoms with Crippen molar-refractivity contribution < 1.29 is 13.2 Å². The molecule has 1 aromatic heterocycles. The van der Waals surface area contributed by atoms with E-state index < -0.39 is 21.8 Å². The van der Waals surface area contributed by atoms with Crippen molar-refractivity contribution in [2.75, 3.05) is 13.1 Å². The van der Waals surface area contributed by atoms with Gasteiger partial charge in [-0.3, -0.25) is 9.89 Å². The van der Waals surface area contributed by atoms with Crippen LogP contribution in [0.25, 0.3) is 0 Å². The lowest BCUT2D eigenvalue weighted by Gasteiger charge is -2.29. The minimum absolute atomic E-state index is 0.114. The highest BCUT2D eigenvalue weighted by Crippen LogP contribution is 2.22. The van der Waals surface area contributed by atoms with Crippen LogP contribution in [0.15, 0.2) is 17.3 Å². The van der Waals surface area contributed by atoms with E-state index in [-0.39, 0.29) is 11.4 Å². The van der Waals surface area contributed by atoms with Gasteiger partial charge in [-0.2, -0.15) is 9.40 Å². The molecule has 1 amide bonds. The van der Waals surface area contributed by atoms with E-state index in [9.17, 15) is 13.2 Å². The third-order valence-corrected chi connectivity index (χ3v) is 4.73. The molecule has 1 atom stereocenters. The Morgan fingerprint density at radius 3 is 2.94 bits per heavy atom. The normalized spacial score (nSPS) is 22.5. The van der Waals surface area contributed by atoms with Crippen molar-refractivity contribution in [3.05, 3.63) is 12.4 Å². The zero-order valence-corrected chi connectivity index (χ0v) is 9.98. The molecule has 1 unspecified atom stereocenters. The molecule has 0 spiro atoms. The molecule has 94 valence electrons. The first-order valence-corrected chi connectivity index (χ1v) is 6.74. The maximum Gasteiger partial charge on any atom is 0.246 e. The lowest BCUT2D eigenvalue weighted by Crippen LogP contribution is -2.43. The molecule has 1 aliphatic rings. The molecular formula is C9H14N4O3S. The molecule has 0 aromatic carbocycles. The van der Waals surface area contributed by atoms with Gasteiger partial charge < -0.3 is 5.73 Å². The van der Waals surface area contributed by atoms with Crippen LogP contribution in [0.3, 0.4) is 0 Å². The maximum atomic E-state index is 12.1. The zero-order chi connectivity index (χ0) is 12.5. The number of nitrogens with one attached hydrogen (secondary N) is 1. The maximum absolute atomic E-state index is 12.1. The summed E-state index contributed by atoms with van der Waals surface area (Å²) in [6.07, 6.45) is 3.86. The molecule has 8 heteroatoms. The fraction of sp³-hybridized carbons (Fsp3) is 0.556. The fourth-order valence-electron chi connectivity index (χ4n) is 1.92. The van der Waals surface area contributed by atoms with Crippen LogP contribution in [0.5, 0.6) is 0 Å². The Kier molecular flexibility index (Phi) is 3.16. The summed E-state index contributed by atoms with van der Waals surface area (Å²) in [5.74, 6) is -0.845. The Morgan fingerprint density at radius 2 is 2.35 bits per heavy atom. The number of sulfonamides is 1. The van der Waals surface area contributed by atoms with Gasteiger partial charge in [0.05, 0.1) is 12.1 Å². The first-order valence-electron chi connectivity index (χ1n) is 5.30. The molecule has 1 saturated heterocycles. The third kappa shape index (κ3) is 2.32. The summed E-state index contributed by atoms with van der Waals surface area (Å²) in [6.45, 7) is 0.570. The summed E-state index contributed by atoms with van der Waals surface area (Å²) < 4.78 is 25.5. The SMILES string of the molecule is NC(=O)C1CCCN(S(=O)(=O)c2cn[nH]c2)C1. The van der Waals surface area contributed by atoms with Gasteiger partial charge in [-0.25, -0.2) is 8.42 Å². The molecule has 17 heavy (non-hydrogen) atoms. The number of nitrogens with zero attached hydrogens (tertiary/aromatic N) is 2. The van der Waals surface area contributed by atoms with E-state index in [0.717, 1.165) is 0 Å². The summed E-state index contributed by atoms with van der Waals surface area (Å²) in [7, 11) is -3.55.